The Morgan fingerprint density at radius 2 is 2.11 bits per heavy atom. The summed E-state index contributed by atoms with van der Waals surface area (Å²) in [5, 5.41) is 0. The van der Waals surface area contributed by atoms with E-state index in [-0.39, 0.29) is 5.60 Å². The predicted molar refractivity (Wildman–Crippen MR) is 33.4 cm³/mol. The van der Waals surface area contributed by atoms with Crippen LogP contribution in [0.2, 0.25) is 0 Å². The van der Waals surface area contributed by atoms with E-state index in [1.165, 1.54) is 12.8 Å². The molecule has 0 amide bonds. The van der Waals surface area contributed by atoms with Crippen molar-refractivity contribution in [2.24, 2.45) is 0 Å². The summed E-state index contributed by atoms with van der Waals surface area (Å²) in [7, 11) is 0. The minimum atomic E-state index is 0.167. The van der Waals surface area contributed by atoms with Gasteiger partial charge in [-0.2, -0.15) is 0 Å². The Morgan fingerprint density at radius 1 is 1.11 bits per heavy atom. The Balaban J connectivity index is 2.04. The van der Waals surface area contributed by atoms with Crippen molar-refractivity contribution in [3.63, 3.8) is 0 Å². The van der Waals surface area contributed by atoms with Crippen LogP contribution in [0.5, 0.6) is 0 Å². The highest BCUT2D eigenvalue weighted by molar-refractivity contribution is 4.88. The maximum atomic E-state index is 5.58. The molecule has 0 unspecified atom stereocenters. The molecule has 2 rings (SSSR count). The van der Waals surface area contributed by atoms with E-state index in [2.05, 4.69) is 0 Å². The van der Waals surface area contributed by atoms with Crippen LogP contribution in [-0.2, 0) is 9.47 Å². The topological polar surface area (TPSA) is 18.5 Å². The van der Waals surface area contributed by atoms with Crippen molar-refractivity contribution in [1.29, 1.82) is 0 Å². The molecule has 0 saturated carbocycles. The molecule has 1 spiro atoms. The SMILES string of the molecule is C1CO[C@]2(C1)CCOC2. The average Bonchev–Trinajstić information content (AvgIpc) is 2.45. The molecule has 2 fully saturated rings. The van der Waals surface area contributed by atoms with Gasteiger partial charge in [0.1, 0.15) is 0 Å². The van der Waals surface area contributed by atoms with Gasteiger partial charge in [-0.3, -0.25) is 0 Å². The van der Waals surface area contributed by atoms with E-state index in [4.69, 9.17) is 9.47 Å². The summed E-state index contributed by atoms with van der Waals surface area (Å²) in [5.74, 6) is 0. The molecule has 0 aromatic heterocycles. The van der Waals surface area contributed by atoms with Crippen LogP contribution in [0.25, 0.3) is 0 Å². The summed E-state index contributed by atoms with van der Waals surface area (Å²) < 4.78 is 10.8. The normalized spacial score (nSPS) is 42.7. The molecular formula is C7H12O2. The fourth-order valence-electron chi connectivity index (χ4n) is 1.65. The second kappa shape index (κ2) is 1.96. The molecule has 0 radical (unpaired) electrons. The second-order valence-electron chi connectivity index (χ2n) is 2.94. The minimum absolute atomic E-state index is 0.167. The standard InChI is InChI=1S/C7H12O2/c1-2-7(9-4-1)3-5-8-6-7/h1-6H2/t7-/m1/s1. The van der Waals surface area contributed by atoms with Crippen LogP contribution in [0.3, 0.4) is 0 Å². The Hall–Kier alpha value is -0.0800. The number of rotatable bonds is 0. The Bertz CT molecular complexity index is 82.0. The molecule has 2 nitrogen and oxygen atoms in total. The molecule has 0 aromatic carbocycles. The van der Waals surface area contributed by atoms with Crippen LogP contribution in [0.4, 0.5) is 0 Å². The van der Waals surface area contributed by atoms with E-state index in [0.29, 0.717) is 0 Å². The summed E-state index contributed by atoms with van der Waals surface area (Å²) in [6, 6.07) is 0. The van der Waals surface area contributed by atoms with E-state index >= 15 is 0 Å². The quantitative estimate of drug-likeness (QED) is 0.483. The molecule has 0 N–H and O–H groups in total. The molecule has 2 heteroatoms. The lowest BCUT2D eigenvalue weighted by Crippen LogP contribution is -2.27. The van der Waals surface area contributed by atoms with Crippen LogP contribution in [0.1, 0.15) is 19.3 Å². The van der Waals surface area contributed by atoms with Gasteiger partial charge in [-0.05, 0) is 12.8 Å². The average molecular weight is 128 g/mol. The largest absolute Gasteiger partial charge is 0.378 e. The fraction of sp³-hybridized carbons (Fsp3) is 1.00. The summed E-state index contributed by atoms with van der Waals surface area (Å²) >= 11 is 0. The molecule has 0 aromatic rings. The first kappa shape index (κ1) is 5.69. The van der Waals surface area contributed by atoms with Crippen LogP contribution in [0, 0.1) is 0 Å². The van der Waals surface area contributed by atoms with E-state index in [1.807, 2.05) is 0 Å². The highest BCUT2D eigenvalue weighted by Gasteiger charge is 2.38. The maximum absolute atomic E-state index is 5.58. The van der Waals surface area contributed by atoms with Gasteiger partial charge in [-0.25, -0.2) is 0 Å². The first-order valence-electron chi connectivity index (χ1n) is 3.63. The van der Waals surface area contributed by atoms with Gasteiger partial charge in [-0.1, -0.05) is 0 Å². The van der Waals surface area contributed by atoms with Gasteiger partial charge < -0.3 is 9.47 Å². The summed E-state index contributed by atoms with van der Waals surface area (Å²) in [5.41, 5.74) is 0.167. The predicted octanol–water partition coefficient (Wildman–Crippen LogP) is 0.956. The molecule has 0 aliphatic carbocycles. The van der Waals surface area contributed by atoms with E-state index in [0.717, 1.165) is 26.2 Å². The van der Waals surface area contributed by atoms with Gasteiger partial charge in [0.25, 0.3) is 0 Å². The van der Waals surface area contributed by atoms with Crippen LogP contribution >= 0.6 is 0 Å². The summed E-state index contributed by atoms with van der Waals surface area (Å²) in [4.78, 5) is 0. The molecule has 2 saturated heterocycles. The second-order valence-corrected chi connectivity index (χ2v) is 2.94. The van der Waals surface area contributed by atoms with E-state index in [1.54, 1.807) is 0 Å². The molecule has 9 heavy (non-hydrogen) atoms. The maximum Gasteiger partial charge on any atom is 0.0937 e. The first-order chi connectivity index (χ1) is 4.41. The highest BCUT2D eigenvalue weighted by Crippen LogP contribution is 2.32. The van der Waals surface area contributed by atoms with E-state index in [9.17, 15) is 0 Å². The van der Waals surface area contributed by atoms with Gasteiger partial charge in [0.15, 0.2) is 0 Å². The zero-order valence-electron chi connectivity index (χ0n) is 5.56. The molecular weight excluding hydrogens is 116 g/mol. The highest BCUT2D eigenvalue weighted by atomic mass is 16.6. The first-order valence-corrected chi connectivity index (χ1v) is 3.63. The van der Waals surface area contributed by atoms with Crippen molar-refractivity contribution in [2.45, 2.75) is 24.9 Å². The number of hydrogen-bond donors (Lipinski definition) is 0. The minimum Gasteiger partial charge on any atom is -0.378 e. The zero-order chi connectivity index (χ0) is 6.16. The van der Waals surface area contributed by atoms with Gasteiger partial charge in [0.05, 0.1) is 12.2 Å². The molecule has 0 bridgehead atoms. The van der Waals surface area contributed by atoms with Crippen LogP contribution < -0.4 is 0 Å². The van der Waals surface area contributed by atoms with Crippen molar-refractivity contribution >= 4 is 0 Å². The molecule has 1 atom stereocenters. The van der Waals surface area contributed by atoms with Crippen LogP contribution in [0.15, 0.2) is 0 Å². The van der Waals surface area contributed by atoms with Gasteiger partial charge in [-0.15, -0.1) is 0 Å². The van der Waals surface area contributed by atoms with Gasteiger partial charge >= 0.3 is 0 Å². The Labute approximate surface area is 55.1 Å². The van der Waals surface area contributed by atoms with Crippen molar-refractivity contribution < 1.29 is 9.47 Å². The van der Waals surface area contributed by atoms with Gasteiger partial charge in [0.2, 0.25) is 0 Å². The van der Waals surface area contributed by atoms with Crippen molar-refractivity contribution in [3.8, 4) is 0 Å². The third-order valence-electron chi connectivity index (χ3n) is 2.25. The molecule has 52 valence electrons. The van der Waals surface area contributed by atoms with E-state index < -0.39 is 0 Å². The fourth-order valence-corrected chi connectivity index (χ4v) is 1.65. The third kappa shape index (κ3) is 0.864. The molecule has 2 aliphatic rings. The smallest absolute Gasteiger partial charge is 0.0937 e. The lowest BCUT2D eigenvalue weighted by Gasteiger charge is -2.18. The van der Waals surface area contributed by atoms with Crippen molar-refractivity contribution in [1.82, 2.24) is 0 Å². The Morgan fingerprint density at radius 3 is 2.67 bits per heavy atom. The lowest BCUT2D eigenvalue weighted by atomic mass is 10.0. The monoisotopic (exact) mass is 128 g/mol. The summed E-state index contributed by atoms with van der Waals surface area (Å²) in [6.45, 7) is 2.69. The molecule has 2 aliphatic heterocycles. The lowest BCUT2D eigenvalue weighted by molar-refractivity contribution is -0.00312. The van der Waals surface area contributed by atoms with Crippen molar-refractivity contribution in [3.05, 3.63) is 0 Å². The van der Waals surface area contributed by atoms with Crippen LogP contribution in [-0.4, -0.2) is 25.4 Å². The number of hydrogen-bond acceptors (Lipinski definition) is 2. The summed E-state index contributed by atoms with van der Waals surface area (Å²) in [6.07, 6.45) is 3.56. The Kier molecular flexibility index (Phi) is 1.24. The molecule has 2 heterocycles. The number of ether oxygens (including phenoxy) is 2. The van der Waals surface area contributed by atoms with Crippen molar-refractivity contribution in [2.75, 3.05) is 19.8 Å². The third-order valence-corrected chi connectivity index (χ3v) is 2.25. The zero-order valence-corrected chi connectivity index (χ0v) is 5.56. The van der Waals surface area contributed by atoms with Gasteiger partial charge in [0, 0.05) is 19.6 Å².